The fourth-order valence-corrected chi connectivity index (χ4v) is 2.75. The predicted octanol–water partition coefficient (Wildman–Crippen LogP) is 0.144. The molecular weight excluding hydrogens is 262 g/mol. The zero-order valence-electron chi connectivity index (χ0n) is 10.2. The van der Waals surface area contributed by atoms with Crippen molar-refractivity contribution in [2.45, 2.75) is 18.9 Å². The van der Waals surface area contributed by atoms with E-state index < -0.39 is 0 Å². The largest absolute Gasteiger partial charge is 0.397 e. The molecule has 0 aromatic rings. The monoisotopic (exact) mass is 275 g/mol. The van der Waals surface area contributed by atoms with Crippen molar-refractivity contribution >= 4 is 28.9 Å². The van der Waals surface area contributed by atoms with Crippen molar-refractivity contribution in [2.75, 3.05) is 6.54 Å². The minimum atomic E-state index is -0.307. The number of fused-ring (bicyclic) bond motifs is 1. The molecule has 98 valence electrons. The summed E-state index contributed by atoms with van der Waals surface area (Å²) < 4.78 is 0. The Morgan fingerprint density at radius 3 is 2.89 bits per heavy atom. The first kappa shape index (κ1) is 12.1. The first-order valence-corrected chi connectivity index (χ1v) is 6.50. The molecular formula is C13H13N3O2S. The summed E-state index contributed by atoms with van der Waals surface area (Å²) in [6.07, 6.45) is 6.54. The molecule has 0 saturated carbocycles. The summed E-state index contributed by atoms with van der Waals surface area (Å²) in [5.41, 5.74) is 8.55. The van der Waals surface area contributed by atoms with Crippen LogP contribution in [-0.2, 0) is 9.59 Å². The number of thiocarbonyl (C=S) groups is 1. The highest BCUT2D eigenvalue weighted by Crippen LogP contribution is 2.30. The lowest BCUT2D eigenvalue weighted by Crippen LogP contribution is -2.50. The topological polar surface area (TPSA) is 75.4 Å². The molecule has 1 saturated heterocycles. The maximum atomic E-state index is 11.8. The Kier molecular flexibility index (Phi) is 2.74. The van der Waals surface area contributed by atoms with Gasteiger partial charge in [-0.1, -0.05) is 18.3 Å². The van der Waals surface area contributed by atoms with E-state index in [0.29, 0.717) is 29.9 Å². The second-order valence-corrected chi connectivity index (χ2v) is 5.25. The molecule has 2 aliphatic heterocycles. The standard InChI is InChI=1S/C13H13N3O2S/c14-12-8-6-16(5-7(8)1-3-10(12)19)9-2-4-11(17)15-13(9)18/h1,3,5,9H,2,4,6,14H2,(H,15,17,18). The van der Waals surface area contributed by atoms with Gasteiger partial charge in [-0.2, -0.15) is 0 Å². The normalized spacial score (nSPS) is 26.5. The number of nitrogens with zero attached hydrogens (tertiary/aromatic N) is 1. The summed E-state index contributed by atoms with van der Waals surface area (Å²) in [5, 5.41) is 2.37. The van der Waals surface area contributed by atoms with Gasteiger partial charge in [-0.3, -0.25) is 14.9 Å². The van der Waals surface area contributed by atoms with E-state index in [1.165, 1.54) is 0 Å². The van der Waals surface area contributed by atoms with Crippen molar-refractivity contribution in [3.8, 4) is 0 Å². The summed E-state index contributed by atoms with van der Waals surface area (Å²) in [6.45, 7) is 0.567. The first-order chi connectivity index (χ1) is 9.06. The van der Waals surface area contributed by atoms with Gasteiger partial charge >= 0.3 is 0 Å². The number of nitrogens with two attached hydrogens (primary N) is 1. The maximum Gasteiger partial charge on any atom is 0.249 e. The van der Waals surface area contributed by atoms with Crippen LogP contribution in [-0.4, -0.2) is 34.2 Å². The average Bonchev–Trinajstić information content (AvgIpc) is 2.78. The fraction of sp³-hybridized carbons (Fsp3) is 0.308. The lowest BCUT2D eigenvalue weighted by molar-refractivity contribution is -0.136. The Labute approximate surface area is 115 Å². The third kappa shape index (κ3) is 1.98. The Balaban J connectivity index is 1.85. The van der Waals surface area contributed by atoms with Crippen molar-refractivity contribution < 1.29 is 9.59 Å². The van der Waals surface area contributed by atoms with E-state index in [1.54, 1.807) is 6.08 Å². The van der Waals surface area contributed by atoms with Crippen molar-refractivity contribution in [1.82, 2.24) is 10.2 Å². The van der Waals surface area contributed by atoms with Crippen LogP contribution in [0.3, 0.4) is 0 Å². The van der Waals surface area contributed by atoms with Crippen LogP contribution in [0.15, 0.2) is 35.2 Å². The van der Waals surface area contributed by atoms with E-state index in [2.05, 4.69) is 5.32 Å². The zero-order valence-corrected chi connectivity index (χ0v) is 11.0. The van der Waals surface area contributed by atoms with Gasteiger partial charge in [0.15, 0.2) is 0 Å². The quantitative estimate of drug-likeness (QED) is 0.526. The van der Waals surface area contributed by atoms with Gasteiger partial charge in [-0.25, -0.2) is 0 Å². The minimum absolute atomic E-state index is 0.203. The van der Waals surface area contributed by atoms with Crippen LogP contribution in [0.2, 0.25) is 0 Å². The SMILES string of the molecule is NC1=C2CN(C3CCC(=O)NC3=O)C=C2C=CC1=S. The van der Waals surface area contributed by atoms with Gasteiger partial charge in [0.05, 0.1) is 10.6 Å². The third-order valence-corrected chi connectivity index (χ3v) is 3.97. The van der Waals surface area contributed by atoms with Crippen LogP contribution in [0.1, 0.15) is 12.8 Å². The van der Waals surface area contributed by atoms with Crippen molar-refractivity contribution in [2.24, 2.45) is 5.73 Å². The lowest BCUT2D eigenvalue weighted by atomic mass is 9.99. The van der Waals surface area contributed by atoms with Crippen LogP contribution in [0, 0.1) is 0 Å². The van der Waals surface area contributed by atoms with Gasteiger partial charge in [0.1, 0.15) is 6.04 Å². The molecule has 0 radical (unpaired) electrons. The van der Waals surface area contributed by atoms with E-state index in [0.717, 1.165) is 11.1 Å². The second kappa shape index (κ2) is 4.31. The molecule has 5 nitrogen and oxygen atoms in total. The van der Waals surface area contributed by atoms with Crippen LogP contribution in [0.25, 0.3) is 0 Å². The van der Waals surface area contributed by atoms with E-state index >= 15 is 0 Å². The van der Waals surface area contributed by atoms with Crippen LogP contribution >= 0.6 is 12.2 Å². The Bertz CT molecular complexity index is 589. The third-order valence-electron chi connectivity index (χ3n) is 3.61. The molecule has 1 atom stereocenters. The summed E-state index contributed by atoms with van der Waals surface area (Å²) in [5.74, 6) is -0.442. The number of piperidine rings is 1. The fourth-order valence-electron chi connectivity index (χ4n) is 2.56. The van der Waals surface area contributed by atoms with Gasteiger partial charge in [0.2, 0.25) is 11.8 Å². The molecule has 0 bridgehead atoms. The Morgan fingerprint density at radius 2 is 2.16 bits per heavy atom. The number of hydrogen-bond acceptors (Lipinski definition) is 5. The van der Waals surface area contributed by atoms with E-state index in [9.17, 15) is 9.59 Å². The molecule has 2 heterocycles. The number of rotatable bonds is 1. The molecule has 6 heteroatoms. The van der Waals surface area contributed by atoms with Gasteiger partial charge in [0.25, 0.3) is 0 Å². The maximum absolute atomic E-state index is 11.8. The Morgan fingerprint density at radius 1 is 1.37 bits per heavy atom. The average molecular weight is 275 g/mol. The van der Waals surface area contributed by atoms with Crippen molar-refractivity contribution in [1.29, 1.82) is 0 Å². The Hall–Kier alpha value is -1.95. The second-order valence-electron chi connectivity index (χ2n) is 4.81. The highest BCUT2D eigenvalue weighted by molar-refractivity contribution is 7.81. The molecule has 3 N–H and O–H groups in total. The van der Waals surface area contributed by atoms with E-state index in [4.69, 9.17) is 18.0 Å². The van der Waals surface area contributed by atoms with Crippen molar-refractivity contribution in [3.63, 3.8) is 0 Å². The number of carbonyl (C=O) groups excluding carboxylic acids is 2. The molecule has 3 rings (SSSR count). The molecule has 0 aromatic heterocycles. The zero-order chi connectivity index (χ0) is 13.6. The number of hydrogen-bond donors (Lipinski definition) is 2. The molecule has 1 unspecified atom stereocenters. The lowest BCUT2D eigenvalue weighted by Gasteiger charge is -2.29. The molecule has 3 aliphatic rings. The molecule has 0 spiro atoms. The highest BCUT2D eigenvalue weighted by Gasteiger charge is 2.34. The van der Waals surface area contributed by atoms with Crippen LogP contribution in [0.4, 0.5) is 0 Å². The number of nitrogens with one attached hydrogen (secondary N) is 1. The number of carbonyl (C=O) groups is 2. The number of imide groups is 1. The smallest absolute Gasteiger partial charge is 0.249 e. The molecule has 1 aliphatic carbocycles. The molecule has 1 fully saturated rings. The number of allylic oxidation sites excluding steroid dienone is 2. The number of amides is 2. The first-order valence-electron chi connectivity index (χ1n) is 6.09. The van der Waals surface area contributed by atoms with Crippen molar-refractivity contribution in [3.05, 3.63) is 35.2 Å². The molecule has 2 amide bonds. The molecule has 19 heavy (non-hydrogen) atoms. The minimum Gasteiger partial charge on any atom is -0.397 e. The summed E-state index contributed by atoms with van der Waals surface area (Å²) in [4.78, 5) is 25.6. The molecule has 0 aromatic carbocycles. The van der Waals surface area contributed by atoms with Gasteiger partial charge < -0.3 is 10.6 Å². The summed E-state index contributed by atoms with van der Waals surface area (Å²) in [6, 6.07) is -0.307. The highest BCUT2D eigenvalue weighted by atomic mass is 32.1. The summed E-state index contributed by atoms with van der Waals surface area (Å²) in [7, 11) is 0. The van der Waals surface area contributed by atoms with Gasteiger partial charge in [0, 0.05) is 24.7 Å². The van der Waals surface area contributed by atoms with Gasteiger partial charge in [-0.15, -0.1) is 0 Å². The van der Waals surface area contributed by atoms with E-state index in [1.807, 2.05) is 17.2 Å². The predicted molar refractivity (Wildman–Crippen MR) is 73.9 cm³/mol. The van der Waals surface area contributed by atoms with E-state index in [-0.39, 0.29) is 17.9 Å². The van der Waals surface area contributed by atoms with Gasteiger partial charge in [-0.05, 0) is 18.1 Å². The summed E-state index contributed by atoms with van der Waals surface area (Å²) >= 11 is 5.15. The van der Waals surface area contributed by atoms with Crippen LogP contribution < -0.4 is 11.1 Å². The van der Waals surface area contributed by atoms with Crippen LogP contribution in [0.5, 0.6) is 0 Å².